The summed E-state index contributed by atoms with van der Waals surface area (Å²) in [5, 5.41) is 11.2. The van der Waals surface area contributed by atoms with Crippen LogP contribution in [0.4, 0.5) is 0 Å². The van der Waals surface area contributed by atoms with Crippen LogP contribution in [-0.4, -0.2) is 49.2 Å². The zero-order valence-corrected chi connectivity index (χ0v) is 7.92. The lowest BCUT2D eigenvalue weighted by Gasteiger charge is -2.22. The number of nitrogens with zero attached hydrogens (tertiary/aromatic N) is 1. The third-order valence-electron chi connectivity index (χ3n) is 2.03. The van der Waals surface area contributed by atoms with Crippen molar-refractivity contribution in [2.24, 2.45) is 0 Å². The summed E-state index contributed by atoms with van der Waals surface area (Å²) in [5.74, 6) is -0.0550. The molecule has 0 aliphatic carbocycles. The molecule has 0 fully saturated rings. The predicted molar refractivity (Wildman–Crippen MR) is 50.3 cm³/mol. The number of rotatable bonds is 3. The summed E-state index contributed by atoms with van der Waals surface area (Å²) < 4.78 is 0. The molecular weight excluding hydrogens is 168 g/mol. The van der Waals surface area contributed by atoms with Gasteiger partial charge < -0.3 is 15.3 Å². The molecule has 0 atom stereocenters. The van der Waals surface area contributed by atoms with Crippen molar-refractivity contribution in [2.75, 3.05) is 33.3 Å². The summed E-state index contributed by atoms with van der Waals surface area (Å²) in [4.78, 5) is 13.5. The van der Waals surface area contributed by atoms with Crippen LogP contribution < -0.4 is 5.32 Å². The van der Waals surface area contributed by atoms with E-state index in [0.29, 0.717) is 13.1 Å². The van der Waals surface area contributed by atoms with Crippen LogP contribution in [0, 0.1) is 0 Å². The highest BCUT2D eigenvalue weighted by Crippen LogP contribution is 2.06. The van der Waals surface area contributed by atoms with E-state index in [0.717, 1.165) is 18.5 Å². The molecule has 1 amide bonds. The average molecular weight is 184 g/mol. The Balaban J connectivity index is 2.41. The van der Waals surface area contributed by atoms with Crippen LogP contribution in [0.5, 0.6) is 0 Å². The number of carbonyl (C=O) groups excluding carboxylic acids is 1. The average Bonchev–Trinajstić information content (AvgIpc) is 2.14. The molecule has 1 aliphatic rings. The fourth-order valence-electron chi connectivity index (χ4n) is 1.34. The SMILES string of the molecule is CN1CCC=C(C(=O)NCCO)C1. The summed E-state index contributed by atoms with van der Waals surface area (Å²) >= 11 is 0. The van der Waals surface area contributed by atoms with Gasteiger partial charge in [-0.1, -0.05) is 6.08 Å². The third kappa shape index (κ3) is 3.16. The molecule has 13 heavy (non-hydrogen) atoms. The van der Waals surface area contributed by atoms with E-state index in [1.807, 2.05) is 13.1 Å². The molecule has 1 heterocycles. The highest BCUT2D eigenvalue weighted by atomic mass is 16.3. The zero-order valence-electron chi connectivity index (χ0n) is 7.92. The monoisotopic (exact) mass is 184 g/mol. The van der Waals surface area contributed by atoms with Crippen molar-refractivity contribution in [3.05, 3.63) is 11.6 Å². The van der Waals surface area contributed by atoms with Gasteiger partial charge in [-0.05, 0) is 13.5 Å². The van der Waals surface area contributed by atoms with Crippen LogP contribution in [-0.2, 0) is 4.79 Å². The second-order valence-corrected chi connectivity index (χ2v) is 3.24. The van der Waals surface area contributed by atoms with Gasteiger partial charge in [-0.25, -0.2) is 0 Å². The van der Waals surface area contributed by atoms with Crippen molar-refractivity contribution in [3.63, 3.8) is 0 Å². The summed E-state index contributed by atoms with van der Waals surface area (Å²) in [6, 6.07) is 0. The fourth-order valence-corrected chi connectivity index (χ4v) is 1.34. The molecular formula is C9H16N2O2. The Morgan fingerprint density at radius 3 is 3.15 bits per heavy atom. The van der Waals surface area contributed by atoms with Gasteiger partial charge in [0.2, 0.25) is 5.91 Å². The summed E-state index contributed by atoms with van der Waals surface area (Å²) in [7, 11) is 1.99. The van der Waals surface area contributed by atoms with E-state index in [1.54, 1.807) is 0 Å². The minimum Gasteiger partial charge on any atom is -0.395 e. The smallest absolute Gasteiger partial charge is 0.248 e. The molecule has 4 heteroatoms. The Labute approximate surface area is 78.2 Å². The maximum Gasteiger partial charge on any atom is 0.248 e. The number of carbonyl (C=O) groups is 1. The molecule has 0 unspecified atom stereocenters. The molecule has 1 rings (SSSR count). The predicted octanol–water partition coefficient (Wildman–Crippen LogP) is -0.643. The van der Waals surface area contributed by atoms with Crippen LogP contribution in [0.3, 0.4) is 0 Å². The van der Waals surface area contributed by atoms with Crippen molar-refractivity contribution in [3.8, 4) is 0 Å². The van der Waals surface area contributed by atoms with Gasteiger partial charge in [0.15, 0.2) is 0 Å². The van der Waals surface area contributed by atoms with Gasteiger partial charge in [0, 0.05) is 25.2 Å². The number of hydrogen-bond donors (Lipinski definition) is 2. The van der Waals surface area contributed by atoms with E-state index >= 15 is 0 Å². The van der Waals surface area contributed by atoms with Gasteiger partial charge in [-0.15, -0.1) is 0 Å². The first-order valence-corrected chi connectivity index (χ1v) is 4.50. The highest BCUT2D eigenvalue weighted by molar-refractivity contribution is 5.93. The summed E-state index contributed by atoms with van der Waals surface area (Å²) in [6.07, 6.45) is 2.89. The highest BCUT2D eigenvalue weighted by Gasteiger charge is 2.14. The van der Waals surface area contributed by atoms with Gasteiger partial charge in [0.05, 0.1) is 6.61 Å². The van der Waals surface area contributed by atoms with E-state index in [2.05, 4.69) is 10.2 Å². The van der Waals surface area contributed by atoms with E-state index < -0.39 is 0 Å². The standard InChI is InChI=1S/C9H16N2O2/c1-11-5-2-3-8(7-11)9(13)10-4-6-12/h3,12H,2,4-7H2,1H3,(H,10,13). The zero-order chi connectivity index (χ0) is 9.68. The molecule has 0 aromatic rings. The van der Waals surface area contributed by atoms with Crippen molar-refractivity contribution < 1.29 is 9.90 Å². The Morgan fingerprint density at radius 2 is 2.54 bits per heavy atom. The Morgan fingerprint density at radius 1 is 1.77 bits per heavy atom. The third-order valence-corrected chi connectivity index (χ3v) is 2.03. The van der Waals surface area contributed by atoms with E-state index in [-0.39, 0.29) is 12.5 Å². The Kier molecular flexibility index (Phi) is 3.92. The van der Waals surface area contributed by atoms with Crippen LogP contribution in [0.1, 0.15) is 6.42 Å². The summed E-state index contributed by atoms with van der Waals surface area (Å²) in [5.41, 5.74) is 0.808. The van der Waals surface area contributed by atoms with E-state index in [9.17, 15) is 4.79 Å². The molecule has 0 saturated carbocycles. The van der Waals surface area contributed by atoms with Gasteiger partial charge in [-0.2, -0.15) is 0 Å². The maximum absolute atomic E-state index is 11.4. The number of aliphatic hydroxyl groups is 1. The van der Waals surface area contributed by atoms with E-state index in [1.165, 1.54) is 0 Å². The maximum atomic E-state index is 11.4. The first kappa shape index (κ1) is 10.2. The van der Waals surface area contributed by atoms with Crippen molar-refractivity contribution in [1.82, 2.24) is 10.2 Å². The minimum atomic E-state index is -0.0550. The number of nitrogens with one attached hydrogen (secondary N) is 1. The van der Waals surface area contributed by atoms with Crippen LogP contribution in [0.15, 0.2) is 11.6 Å². The fraction of sp³-hybridized carbons (Fsp3) is 0.667. The first-order valence-electron chi connectivity index (χ1n) is 4.50. The van der Waals surface area contributed by atoms with Crippen molar-refractivity contribution in [2.45, 2.75) is 6.42 Å². The molecule has 0 bridgehead atoms. The van der Waals surface area contributed by atoms with Crippen LogP contribution >= 0.6 is 0 Å². The molecule has 2 N–H and O–H groups in total. The number of amides is 1. The Bertz CT molecular complexity index is 214. The topological polar surface area (TPSA) is 52.6 Å². The van der Waals surface area contributed by atoms with E-state index in [4.69, 9.17) is 5.11 Å². The summed E-state index contributed by atoms with van der Waals surface area (Å²) in [6.45, 7) is 2.04. The van der Waals surface area contributed by atoms with Crippen LogP contribution in [0.25, 0.3) is 0 Å². The van der Waals surface area contributed by atoms with Crippen LogP contribution in [0.2, 0.25) is 0 Å². The quantitative estimate of drug-likeness (QED) is 0.613. The normalized spacial score (nSPS) is 18.2. The molecule has 0 aromatic heterocycles. The largest absolute Gasteiger partial charge is 0.395 e. The number of likely N-dealkylation sites (N-methyl/N-ethyl adjacent to an activating group) is 1. The molecule has 0 radical (unpaired) electrons. The van der Waals surface area contributed by atoms with Crippen molar-refractivity contribution >= 4 is 5.91 Å². The number of aliphatic hydroxyl groups excluding tert-OH is 1. The number of hydrogen-bond acceptors (Lipinski definition) is 3. The molecule has 0 saturated heterocycles. The molecule has 0 spiro atoms. The Hall–Kier alpha value is -0.870. The second kappa shape index (κ2) is 4.99. The first-order chi connectivity index (χ1) is 6.24. The molecule has 1 aliphatic heterocycles. The molecule has 0 aromatic carbocycles. The molecule has 4 nitrogen and oxygen atoms in total. The minimum absolute atomic E-state index is 0.00510. The van der Waals surface area contributed by atoms with Gasteiger partial charge in [0.25, 0.3) is 0 Å². The lowest BCUT2D eigenvalue weighted by Crippen LogP contribution is -2.35. The second-order valence-electron chi connectivity index (χ2n) is 3.24. The van der Waals surface area contributed by atoms with Gasteiger partial charge in [-0.3, -0.25) is 4.79 Å². The van der Waals surface area contributed by atoms with Gasteiger partial charge >= 0.3 is 0 Å². The van der Waals surface area contributed by atoms with Gasteiger partial charge in [0.1, 0.15) is 0 Å². The lowest BCUT2D eigenvalue weighted by atomic mass is 10.1. The molecule has 74 valence electrons. The lowest BCUT2D eigenvalue weighted by molar-refractivity contribution is -0.118. The van der Waals surface area contributed by atoms with Crippen molar-refractivity contribution in [1.29, 1.82) is 0 Å².